The van der Waals surface area contributed by atoms with Crippen LogP contribution >= 0.6 is 0 Å². The number of rotatable bonds is 11. The van der Waals surface area contributed by atoms with Crippen LogP contribution in [-0.4, -0.2) is 16.9 Å². The number of allylic oxidation sites excluding steroid dienone is 1. The molecule has 0 aromatic heterocycles. The van der Waals surface area contributed by atoms with E-state index in [2.05, 4.69) is 30.3 Å². The first kappa shape index (κ1) is 19.0. The monoisotopic (exact) mass is 288 g/mol. The number of carbonyl (C=O) groups is 2. The van der Waals surface area contributed by atoms with Crippen LogP contribution in [-0.2, 0) is 9.59 Å². The minimum atomic E-state index is -0.757. The largest absolute Gasteiger partial charge is 0.481 e. The molecule has 114 valence electrons. The number of carboxylic acid groups (broad SMARTS) is 1. The molecule has 0 amide bonds. The summed E-state index contributed by atoms with van der Waals surface area (Å²) in [5, 5.41) is 8.47. The van der Waals surface area contributed by atoms with Crippen molar-refractivity contribution in [3.63, 3.8) is 0 Å². The van der Waals surface area contributed by atoms with Gasteiger partial charge in [-0.2, -0.15) is 0 Å². The molecular formula is C18H24O3. The fourth-order valence-electron chi connectivity index (χ4n) is 1.67. The van der Waals surface area contributed by atoms with E-state index < -0.39 is 5.97 Å². The molecule has 0 aromatic rings. The minimum absolute atomic E-state index is 0.134. The Bertz CT molecular complexity index is 441. The van der Waals surface area contributed by atoms with Crippen molar-refractivity contribution in [3.8, 4) is 23.7 Å². The lowest BCUT2D eigenvalue weighted by atomic mass is 10.1. The summed E-state index contributed by atoms with van der Waals surface area (Å²) in [6, 6.07) is 0. The highest BCUT2D eigenvalue weighted by Crippen LogP contribution is 2.06. The van der Waals surface area contributed by atoms with Crippen molar-refractivity contribution in [3.05, 3.63) is 12.7 Å². The number of Topliss-reactive ketones (excluding diaryl/α,β-unsaturated/α-hetero) is 1. The summed E-state index contributed by atoms with van der Waals surface area (Å²) < 4.78 is 0. The van der Waals surface area contributed by atoms with Gasteiger partial charge in [0.1, 0.15) is 5.78 Å². The summed E-state index contributed by atoms with van der Waals surface area (Å²) in [4.78, 5) is 21.8. The van der Waals surface area contributed by atoms with E-state index in [1.807, 2.05) is 6.08 Å². The number of ketones is 1. The summed E-state index contributed by atoms with van der Waals surface area (Å²) in [6.07, 6.45) is 8.90. The lowest BCUT2D eigenvalue weighted by Crippen LogP contribution is -1.96. The van der Waals surface area contributed by atoms with Crippen LogP contribution in [0.1, 0.15) is 64.2 Å². The third-order valence-electron chi connectivity index (χ3n) is 2.83. The van der Waals surface area contributed by atoms with Crippen LogP contribution < -0.4 is 0 Å². The van der Waals surface area contributed by atoms with Gasteiger partial charge in [0.15, 0.2) is 0 Å². The van der Waals surface area contributed by atoms with Crippen molar-refractivity contribution < 1.29 is 14.7 Å². The number of carboxylic acids is 1. The zero-order valence-corrected chi connectivity index (χ0v) is 12.6. The Labute approximate surface area is 127 Å². The molecule has 0 atom stereocenters. The smallest absolute Gasteiger partial charge is 0.303 e. The van der Waals surface area contributed by atoms with E-state index in [1.165, 1.54) is 0 Å². The molecule has 0 saturated heterocycles. The van der Waals surface area contributed by atoms with E-state index in [9.17, 15) is 9.59 Å². The van der Waals surface area contributed by atoms with Crippen LogP contribution in [0.15, 0.2) is 12.7 Å². The minimum Gasteiger partial charge on any atom is -0.481 e. The Morgan fingerprint density at radius 3 is 2.29 bits per heavy atom. The molecular weight excluding hydrogens is 264 g/mol. The highest BCUT2D eigenvalue weighted by atomic mass is 16.4. The maximum absolute atomic E-state index is 11.5. The predicted molar refractivity (Wildman–Crippen MR) is 84.6 cm³/mol. The summed E-state index contributed by atoms with van der Waals surface area (Å²) in [6.45, 7) is 3.64. The second kappa shape index (κ2) is 14.4. The van der Waals surface area contributed by atoms with Crippen molar-refractivity contribution in [1.29, 1.82) is 0 Å². The molecule has 0 rings (SSSR count). The second-order valence-electron chi connectivity index (χ2n) is 4.81. The first-order valence-electron chi connectivity index (χ1n) is 7.47. The van der Waals surface area contributed by atoms with Crippen molar-refractivity contribution in [2.75, 3.05) is 0 Å². The van der Waals surface area contributed by atoms with Crippen LogP contribution in [0, 0.1) is 23.7 Å². The van der Waals surface area contributed by atoms with E-state index in [0.717, 1.165) is 38.5 Å². The fourth-order valence-corrected chi connectivity index (χ4v) is 1.67. The standard InChI is InChI=1S/C18H24O3/c1-2-3-4-5-6-7-8-11-14-17(19)15-12-9-10-13-16-18(20)21/h2H,1,3-5,9-10,12-16H2,(H,20,21). The van der Waals surface area contributed by atoms with Gasteiger partial charge in [-0.05, 0) is 37.5 Å². The molecule has 0 aromatic carbocycles. The molecule has 0 radical (unpaired) electrons. The topological polar surface area (TPSA) is 54.4 Å². The summed E-state index contributed by atoms with van der Waals surface area (Å²) in [5.41, 5.74) is 0. The molecule has 0 aliphatic heterocycles. The lowest BCUT2D eigenvalue weighted by molar-refractivity contribution is -0.137. The molecule has 0 bridgehead atoms. The first-order valence-corrected chi connectivity index (χ1v) is 7.47. The van der Waals surface area contributed by atoms with Gasteiger partial charge >= 0.3 is 5.97 Å². The Hall–Kier alpha value is -2.00. The average Bonchev–Trinajstić information content (AvgIpc) is 2.45. The Morgan fingerprint density at radius 1 is 0.952 bits per heavy atom. The Balaban J connectivity index is 3.54. The molecule has 0 heterocycles. The third kappa shape index (κ3) is 15.9. The highest BCUT2D eigenvalue weighted by molar-refractivity contribution is 5.80. The molecule has 0 aliphatic rings. The Morgan fingerprint density at radius 2 is 1.62 bits per heavy atom. The summed E-state index contributed by atoms with van der Waals surface area (Å²) in [5.74, 6) is 10.5. The van der Waals surface area contributed by atoms with E-state index >= 15 is 0 Å². The quantitative estimate of drug-likeness (QED) is 0.358. The van der Waals surface area contributed by atoms with Gasteiger partial charge in [0.05, 0.1) is 6.42 Å². The highest BCUT2D eigenvalue weighted by Gasteiger charge is 2.00. The molecule has 1 N–H and O–H groups in total. The van der Waals surface area contributed by atoms with E-state index in [0.29, 0.717) is 12.8 Å². The third-order valence-corrected chi connectivity index (χ3v) is 2.83. The number of carbonyl (C=O) groups excluding carboxylic acids is 1. The van der Waals surface area contributed by atoms with Gasteiger partial charge < -0.3 is 5.11 Å². The number of hydrogen-bond donors (Lipinski definition) is 1. The molecule has 3 nitrogen and oxygen atoms in total. The van der Waals surface area contributed by atoms with Gasteiger partial charge in [-0.15, -0.1) is 6.58 Å². The molecule has 0 fully saturated rings. The maximum atomic E-state index is 11.5. The molecule has 21 heavy (non-hydrogen) atoms. The van der Waals surface area contributed by atoms with Gasteiger partial charge in [-0.1, -0.05) is 30.8 Å². The van der Waals surface area contributed by atoms with Crippen molar-refractivity contribution in [1.82, 2.24) is 0 Å². The number of unbranched alkanes of at least 4 members (excludes halogenated alkanes) is 5. The molecule has 0 saturated carbocycles. The van der Waals surface area contributed by atoms with E-state index in [1.54, 1.807) is 0 Å². The number of aliphatic carboxylic acids is 1. The molecule has 0 unspecified atom stereocenters. The van der Waals surface area contributed by atoms with Crippen molar-refractivity contribution in [2.45, 2.75) is 64.2 Å². The molecule has 0 aliphatic carbocycles. The molecule has 3 heteroatoms. The maximum Gasteiger partial charge on any atom is 0.303 e. The van der Waals surface area contributed by atoms with Gasteiger partial charge in [-0.25, -0.2) is 0 Å². The van der Waals surface area contributed by atoms with Crippen LogP contribution in [0.3, 0.4) is 0 Å². The van der Waals surface area contributed by atoms with Gasteiger partial charge in [0.2, 0.25) is 0 Å². The zero-order valence-electron chi connectivity index (χ0n) is 12.6. The van der Waals surface area contributed by atoms with Crippen LogP contribution in [0.4, 0.5) is 0 Å². The average molecular weight is 288 g/mol. The Kier molecular flexibility index (Phi) is 13.0. The van der Waals surface area contributed by atoms with Gasteiger partial charge in [0, 0.05) is 19.3 Å². The van der Waals surface area contributed by atoms with Crippen LogP contribution in [0.25, 0.3) is 0 Å². The first-order chi connectivity index (χ1) is 10.2. The van der Waals surface area contributed by atoms with Crippen LogP contribution in [0.5, 0.6) is 0 Å². The fraction of sp³-hybridized carbons (Fsp3) is 0.556. The predicted octanol–water partition coefficient (Wildman–Crippen LogP) is 3.73. The van der Waals surface area contributed by atoms with E-state index in [4.69, 9.17) is 5.11 Å². The molecule has 0 spiro atoms. The SMILES string of the molecule is C=CCCCC#CC#CCC(=O)CCCCCCC(=O)O. The van der Waals surface area contributed by atoms with E-state index in [-0.39, 0.29) is 18.6 Å². The normalized spacial score (nSPS) is 8.95. The summed E-state index contributed by atoms with van der Waals surface area (Å²) >= 11 is 0. The summed E-state index contributed by atoms with van der Waals surface area (Å²) in [7, 11) is 0. The lowest BCUT2D eigenvalue weighted by Gasteiger charge is -1.98. The zero-order chi connectivity index (χ0) is 15.8. The van der Waals surface area contributed by atoms with Crippen molar-refractivity contribution in [2.24, 2.45) is 0 Å². The number of hydrogen-bond acceptors (Lipinski definition) is 2. The second-order valence-corrected chi connectivity index (χ2v) is 4.81. The van der Waals surface area contributed by atoms with Gasteiger partial charge in [-0.3, -0.25) is 9.59 Å². The van der Waals surface area contributed by atoms with Crippen molar-refractivity contribution >= 4 is 11.8 Å². The van der Waals surface area contributed by atoms with Crippen LogP contribution in [0.2, 0.25) is 0 Å². The van der Waals surface area contributed by atoms with Gasteiger partial charge in [0.25, 0.3) is 0 Å².